The third-order valence-electron chi connectivity index (χ3n) is 24.0. The number of nitriles is 2. The number of nitrogens with one attached hydrogen (secondary N) is 7. The van der Waals surface area contributed by atoms with Gasteiger partial charge in [0.25, 0.3) is 0 Å². The number of halogens is 1. The second kappa shape index (κ2) is 48.0. The molecule has 5 aliphatic rings. The average Bonchev–Trinajstić information content (AvgIpc) is 1.64. The number of H-pyrrole nitrogens is 2. The zero-order valence-electron chi connectivity index (χ0n) is 83.8. The number of pyridine rings is 4. The Balaban J connectivity index is 0.000000157. The Morgan fingerprint density at radius 1 is 0.525 bits per heavy atom. The first-order valence-electron chi connectivity index (χ1n) is 47.6. The van der Waals surface area contributed by atoms with Crippen molar-refractivity contribution in [3.8, 4) is 43.5 Å². The number of aromatic nitrogens is 12. The maximum Gasteiger partial charge on any atom is 0.507 e. The van der Waals surface area contributed by atoms with Crippen molar-refractivity contribution in [3.05, 3.63) is 123 Å². The van der Waals surface area contributed by atoms with Gasteiger partial charge in [-0.15, -0.1) is 45.3 Å². The Hall–Kier alpha value is -10.3. The number of anilines is 4. The van der Waals surface area contributed by atoms with E-state index in [0.29, 0.717) is 45.7 Å². The van der Waals surface area contributed by atoms with Gasteiger partial charge in [0.1, 0.15) is 60.1 Å². The van der Waals surface area contributed by atoms with Gasteiger partial charge in [0.15, 0.2) is 0 Å². The highest BCUT2D eigenvalue weighted by molar-refractivity contribution is 9.10. The molecule has 3 amide bonds. The predicted octanol–water partition coefficient (Wildman–Crippen LogP) is 20.7. The summed E-state index contributed by atoms with van der Waals surface area (Å²) in [5, 5.41) is 50.8. The van der Waals surface area contributed by atoms with Crippen LogP contribution in [0.25, 0.3) is 75.5 Å². The molecule has 0 aliphatic carbocycles. The van der Waals surface area contributed by atoms with Crippen molar-refractivity contribution in [3.63, 3.8) is 0 Å². The van der Waals surface area contributed by atoms with E-state index in [1.807, 2.05) is 165 Å². The number of fused-ring (bicyclic) bond motifs is 4. The van der Waals surface area contributed by atoms with Crippen LogP contribution in [-0.4, -0.2) is 238 Å². The first-order valence-corrected chi connectivity index (χ1v) is 59.1. The van der Waals surface area contributed by atoms with Crippen LogP contribution in [0.3, 0.4) is 0 Å². The minimum atomic E-state index is -1.14. The molecule has 8 N–H and O–H groups in total. The molecule has 746 valence electrons. The number of amides is 3. The van der Waals surface area contributed by atoms with Crippen molar-refractivity contribution >= 4 is 180 Å². The summed E-state index contributed by atoms with van der Waals surface area (Å²) < 4.78 is 41.1. The summed E-state index contributed by atoms with van der Waals surface area (Å²) in [6.45, 7) is 50.4. The quantitative estimate of drug-likeness (QED) is 0.0206. The van der Waals surface area contributed by atoms with Gasteiger partial charge in [0.05, 0.1) is 90.0 Å². The van der Waals surface area contributed by atoms with Crippen LogP contribution >= 0.6 is 61.3 Å². The molecule has 5 saturated heterocycles. The lowest BCUT2D eigenvalue weighted by Crippen LogP contribution is -2.47. The molecule has 12 aromatic heterocycles. The third-order valence-corrected chi connectivity index (χ3v) is 31.8. The van der Waals surface area contributed by atoms with Crippen LogP contribution in [0, 0.1) is 50.4 Å². The van der Waals surface area contributed by atoms with E-state index in [1.54, 1.807) is 55.1 Å². The van der Waals surface area contributed by atoms with E-state index in [4.69, 9.17) is 48.9 Å². The van der Waals surface area contributed by atoms with Crippen molar-refractivity contribution in [2.24, 2.45) is 0 Å². The molecule has 12 aromatic rings. The van der Waals surface area contributed by atoms with Crippen LogP contribution < -0.4 is 31.4 Å². The molecule has 0 bridgehead atoms. The summed E-state index contributed by atoms with van der Waals surface area (Å²) in [7, 11) is -2.51. The molecule has 0 aromatic carbocycles. The number of piperidine rings is 4. The van der Waals surface area contributed by atoms with Gasteiger partial charge in [-0.2, -0.15) is 10.5 Å². The highest BCUT2D eigenvalue weighted by Crippen LogP contribution is 2.43. The standard InChI is InChI=1S/C27H41N5O3SSi.C23H37BrN4O3Si.C19H20N6OS.C16H19N5S.C10H16BNO2S.C3H3NO2/c1-19-28-16-23(36-19)22-15-29-25-21(10-12-32(25)18-34-13-14-37(5,6)7)24(22)30-20-9-8-11-31(17-20)26(33)35-27(2,3)4;1-23(2,3)31-22(29)27-10-7-8-17(15-27)26-20-18-9-11-28(21(18)25-14-19(20)24)16-30-12-13-32(4,5)6;1-12-22-10-16(27-12)15-9-23-19-14(5-7-21-19)18(15)24-13-3-2-8-25(11-13)17(26)4-6-20;1-10-19-9-14(22-10)13-8-20-16-12(4-6-18-16)15(13)21-11-3-2-5-17-7-11;1-7-12-6-8(15-7)11-13-9(2,3)10(4,5)14-11;4-2-1-3(5)6/h10,12,15-16,20H,8-9,11,13-14,17-18H2,1-7H3,(H,29,30);9,11,14,17H,7-8,10,12-13,15-16H2,1-6H3,(H,25,26);5,7,9-10,13H,2-4,8,11H2,1H3,(H2,21,23,24);4,6,8-9,11,17H,2-3,5,7H2,1H3,(H2,18,20,21);6H,1-5H3;1H2,(H,5,6)/t20-;17-;13-;11-;;/m1111../s1. The lowest BCUT2D eigenvalue weighted by Gasteiger charge is -2.35. The van der Waals surface area contributed by atoms with Gasteiger partial charge in [0.2, 0.25) is 5.91 Å². The van der Waals surface area contributed by atoms with Crippen LogP contribution in [0.2, 0.25) is 51.4 Å². The monoisotopic (exact) mass is 2070 g/mol. The minimum Gasteiger partial charge on any atom is -0.480 e. The maximum absolute atomic E-state index is 12.8. The molecule has 17 rings (SSSR count). The summed E-state index contributed by atoms with van der Waals surface area (Å²) in [6.07, 6.45) is 30.3. The topological polar surface area (TPSA) is 406 Å². The number of carbonyl (C=O) groups excluding carboxylic acids is 3. The normalized spacial score (nSPS) is 17.6. The van der Waals surface area contributed by atoms with E-state index in [0.717, 1.165) is 207 Å². The van der Waals surface area contributed by atoms with E-state index in [9.17, 15) is 19.2 Å². The number of rotatable bonds is 24. The SMILES string of the molecule is CC(C)(C)OC(=O)N1CCC[C@@H](Nc2c(Br)cnc3c2ccn3COCC[Si](C)(C)C)C1.Cc1ncc(-c2cnc3[nH]ccc3c2N[C@@H]2CCCN(C(=O)CC#N)C2)s1.Cc1ncc(-c2cnc3[nH]ccc3c2N[C@@H]2CCCNC2)s1.Cc1ncc(-c2cnc3c(ccn3COCC[Si](C)(C)C)c2N[C@@H]2CCCN(C(=O)OC(C)(C)C)C2)s1.Cc1ncc(B2OC(C)(C)C(C)(C)O2)s1.N#CCC(=O)O. The molecule has 0 unspecified atom stereocenters. The predicted molar refractivity (Wildman–Crippen MR) is 567 cm³/mol. The van der Waals surface area contributed by atoms with E-state index in [2.05, 4.69) is 177 Å². The van der Waals surface area contributed by atoms with E-state index < -0.39 is 39.7 Å². The fraction of sp³-hybridized carbons (Fsp3) is 0.531. The fourth-order valence-electron chi connectivity index (χ4n) is 16.2. The Morgan fingerprint density at radius 2 is 0.921 bits per heavy atom. The molecular weight excluding hydrogens is 1940 g/mol. The molecule has 5 fully saturated rings. The van der Waals surface area contributed by atoms with Crippen molar-refractivity contribution < 1.29 is 52.5 Å². The molecule has 0 saturated carbocycles. The molecule has 139 heavy (non-hydrogen) atoms. The molecule has 33 nitrogen and oxygen atoms in total. The number of aliphatic carboxylic acids is 1. The second-order valence-corrected chi connectivity index (χ2v) is 57.9. The lowest BCUT2D eigenvalue weighted by molar-refractivity contribution is -0.136. The molecular formula is C98H136BBrN22O11S4Si2. The number of nitrogens with zero attached hydrogens (tertiary/aromatic N) is 15. The summed E-state index contributed by atoms with van der Waals surface area (Å²) >= 11 is 10.3. The molecule has 0 spiro atoms. The summed E-state index contributed by atoms with van der Waals surface area (Å²) in [4.78, 5) is 97.8. The number of aryl methyl sites for hydroxylation is 4. The van der Waals surface area contributed by atoms with Gasteiger partial charge in [-0.25, -0.2) is 44.5 Å². The van der Waals surface area contributed by atoms with Crippen LogP contribution in [0.15, 0.2) is 103 Å². The zero-order valence-corrected chi connectivity index (χ0v) is 90.7. The fourth-order valence-corrected chi connectivity index (χ4v) is 21.2. The lowest BCUT2D eigenvalue weighted by atomic mass is 9.89. The van der Waals surface area contributed by atoms with Crippen LogP contribution in [0.1, 0.15) is 153 Å². The summed E-state index contributed by atoms with van der Waals surface area (Å²) in [5.74, 6) is -1.17. The largest absolute Gasteiger partial charge is 0.507 e. The Bertz CT molecular complexity index is 6210. The number of carboxylic acid groups (broad SMARTS) is 1. The number of hydrogen-bond donors (Lipinski definition) is 8. The summed E-state index contributed by atoms with van der Waals surface area (Å²) in [5.41, 5.74) is 9.43. The van der Waals surface area contributed by atoms with Crippen LogP contribution in [0.4, 0.5) is 32.3 Å². The highest BCUT2D eigenvalue weighted by atomic mass is 79.9. The number of ether oxygens (including phenoxy) is 4. The van der Waals surface area contributed by atoms with Gasteiger partial charge in [-0.05, 0) is 207 Å². The summed E-state index contributed by atoms with van der Waals surface area (Å²) in [6, 6.07) is 14.9. The first kappa shape index (κ1) is 108. The number of hydrogen-bond acceptors (Lipinski definition) is 29. The van der Waals surface area contributed by atoms with Gasteiger partial charge in [-0.3, -0.25) is 14.6 Å². The van der Waals surface area contributed by atoms with Crippen molar-refractivity contribution in [1.29, 1.82) is 10.5 Å². The number of likely N-dealkylation sites (tertiary alicyclic amines) is 3. The third kappa shape index (κ3) is 30.6. The maximum atomic E-state index is 12.8. The number of carbonyl (C=O) groups is 4. The van der Waals surface area contributed by atoms with Crippen LogP contribution in [0.5, 0.6) is 0 Å². The Kier molecular flexibility index (Phi) is 37.1. The number of thiazole rings is 4. The zero-order chi connectivity index (χ0) is 100. The molecule has 5 aliphatic heterocycles. The van der Waals surface area contributed by atoms with Crippen molar-refractivity contribution in [1.82, 2.24) is 79.0 Å². The second-order valence-electron chi connectivity index (χ2n) is 40.8. The molecule has 4 atom stereocenters. The first-order chi connectivity index (χ1) is 65.9. The van der Waals surface area contributed by atoms with E-state index in [1.165, 1.54) is 29.5 Å². The molecule has 0 radical (unpaired) electrons. The van der Waals surface area contributed by atoms with Crippen molar-refractivity contribution in [2.75, 3.05) is 86.8 Å². The van der Waals surface area contributed by atoms with E-state index >= 15 is 0 Å². The Morgan fingerprint density at radius 3 is 1.32 bits per heavy atom. The molecule has 41 heteroatoms. The van der Waals surface area contributed by atoms with E-state index in [-0.39, 0.29) is 61.0 Å². The van der Waals surface area contributed by atoms with Gasteiger partial charge >= 0.3 is 25.3 Å². The number of aromatic amines is 2. The van der Waals surface area contributed by atoms with Crippen LogP contribution in [-0.2, 0) is 51.3 Å². The number of carboxylic acids is 1. The average molecular weight is 2070 g/mol. The van der Waals surface area contributed by atoms with Crippen molar-refractivity contribution in [2.45, 2.75) is 273 Å². The molecule has 17 heterocycles. The van der Waals surface area contributed by atoms with Gasteiger partial charge in [0, 0.05) is 212 Å². The highest BCUT2D eigenvalue weighted by Gasteiger charge is 2.52. The van der Waals surface area contributed by atoms with Gasteiger partial charge in [-0.1, -0.05) is 39.3 Å². The minimum absolute atomic E-state index is 0.0601. The smallest absolute Gasteiger partial charge is 0.480 e. The Labute approximate surface area is 842 Å². The van der Waals surface area contributed by atoms with Gasteiger partial charge < -0.3 is 93.7 Å².